The van der Waals surface area contributed by atoms with Gasteiger partial charge >= 0.3 is 0 Å². The highest BCUT2D eigenvalue weighted by Gasteiger charge is 2.51. The first-order valence-electron chi connectivity index (χ1n) is 13.0. The standard InChI is InChI=1S/C29H27BrClN3O4S/c30-18-10-8-17(9-11-18)27-21-16-24(39-23-7-2-1-6-22(23)34(36)37)26(31)25(21)19-4-3-5-20(28(19)32-27)29(35)33-12-14-38-15-13-33/h1-11,21,24-27,32H,12-16H2/t21-,24+,25-,26+,27-/m0/s1. The van der Waals surface area contributed by atoms with Gasteiger partial charge in [0.15, 0.2) is 0 Å². The fourth-order valence-corrected chi connectivity index (χ4v) is 8.34. The van der Waals surface area contributed by atoms with Gasteiger partial charge in [-0.3, -0.25) is 14.9 Å². The van der Waals surface area contributed by atoms with Crippen LogP contribution in [0.3, 0.4) is 0 Å². The Hall–Kier alpha value is -2.59. The van der Waals surface area contributed by atoms with Crippen LogP contribution in [0.1, 0.15) is 39.9 Å². The molecule has 0 radical (unpaired) electrons. The molecule has 2 aliphatic heterocycles. The van der Waals surface area contributed by atoms with Crippen molar-refractivity contribution in [2.45, 2.75) is 33.9 Å². The van der Waals surface area contributed by atoms with E-state index in [9.17, 15) is 14.9 Å². The zero-order chi connectivity index (χ0) is 27.1. The van der Waals surface area contributed by atoms with E-state index >= 15 is 0 Å². The lowest BCUT2D eigenvalue weighted by Crippen LogP contribution is -2.41. The summed E-state index contributed by atoms with van der Waals surface area (Å²) in [6, 6.07) is 20.9. The number of ether oxygens (including phenoxy) is 1. The predicted molar refractivity (Wildman–Crippen MR) is 157 cm³/mol. The third-order valence-corrected chi connectivity index (χ3v) is 10.6. The number of nitro groups is 1. The molecule has 6 rings (SSSR count). The molecule has 3 aromatic carbocycles. The zero-order valence-electron chi connectivity index (χ0n) is 21.0. The van der Waals surface area contributed by atoms with Crippen LogP contribution in [0.25, 0.3) is 0 Å². The maximum atomic E-state index is 13.7. The number of thioether (sulfide) groups is 1. The number of nitrogens with zero attached hydrogens (tertiary/aromatic N) is 2. The van der Waals surface area contributed by atoms with Crippen LogP contribution < -0.4 is 5.32 Å². The Morgan fingerprint density at radius 1 is 1.08 bits per heavy atom. The lowest BCUT2D eigenvalue weighted by molar-refractivity contribution is -0.387. The molecule has 5 atom stereocenters. The predicted octanol–water partition coefficient (Wildman–Crippen LogP) is 6.87. The molecule has 3 aromatic rings. The van der Waals surface area contributed by atoms with E-state index in [2.05, 4.69) is 39.4 Å². The van der Waals surface area contributed by atoms with Crippen LogP contribution in [0, 0.1) is 16.0 Å². The summed E-state index contributed by atoms with van der Waals surface area (Å²) in [5.74, 6) is 0.120. The average molecular weight is 629 g/mol. The van der Waals surface area contributed by atoms with Crippen molar-refractivity contribution < 1.29 is 14.5 Å². The van der Waals surface area contributed by atoms with Gasteiger partial charge in [-0.05, 0) is 47.7 Å². The van der Waals surface area contributed by atoms with E-state index in [0.29, 0.717) is 36.8 Å². The van der Waals surface area contributed by atoms with Gasteiger partial charge in [-0.1, -0.05) is 52.3 Å². The minimum Gasteiger partial charge on any atom is -0.378 e. The first-order valence-corrected chi connectivity index (χ1v) is 15.1. The highest BCUT2D eigenvalue weighted by Crippen LogP contribution is 2.58. The van der Waals surface area contributed by atoms with Gasteiger partial charge in [0.05, 0.1) is 45.7 Å². The molecule has 1 saturated heterocycles. The molecule has 0 aromatic heterocycles. The van der Waals surface area contributed by atoms with E-state index in [4.69, 9.17) is 16.3 Å². The number of amides is 1. The van der Waals surface area contributed by atoms with Crippen molar-refractivity contribution in [3.05, 3.63) is 98.0 Å². The molecule has 2 fully saturated rings. The number of nitro benzene ring substituents is 1. The number of carbonyl (C=O) groups is 1. The summed E-state index contributed by atoms with van der Waals surface area (Å²) in [4.78, 5) is 27.5. The fourth-order valence-electron chi connectivity index (χ4n) is 6.13. The van der Waals surface area contributed by atoms with Crippen molar-refractivity contribution in [1.29, 1.82) is 0 Å². The highest BCUT2D eigenvalue weighted by molar-refractivity contribution is 9.10. The number of hydrogen-bond donors (Lipinski definition) is 1. The second kappa shape index (κ2) is 11.1. The normalized spacial score (nSPS) is 25.9. The Labute approximate surface area is 244 Å². The smallest absolute Gasteiger partial charge is 0.282 e. The Balaban J connectivity index is 1.40. The van der Waals surface area contributed by atoms with E-state index in [1.54, 1.807) is 18.2 Å². The fraction of sp³-hybridized carbons (Fsp3) is 0.345. The molecule has 39 heavy (non-hydrogen) atoms. The Morgan fingerprint density at radius 3 is 2.56 bits per heavy atom. The van der Waals surface area contributed by atoms with Crippen molar-refractivity contribution in [1.82, 2.24) is 4.90 Å². The van der Waals surface area contributed by atoms with Crippen molar-refractivity contribution in [3.63, 3.8) is 0 Å². The van der Waals surface area contributed by atoms with E-state index in [1.807, 2.05) is 35.2 Å². The molecule has 1 amide bonds. The van der Waals surface area contributed by atoms with Crippen LogP contribution in [-0.4, -0.2) is 52.7 Å². The lowest BCUT2D eigenvalue weighted by atomic mass is 9.76. The molecule has 2 heterocycles. The Morgan fingerprint density at radius 2 is 1.82 bits per heavy atom. The van der Waals surface area contributed by atoms with Gasteiger partial charge in [-0.15, -0.1) is 23.4 Å². The second-order valence-corrected chi connectivity index (χ2v) is 12.8. The van der Waals surface area contributed by atoms with E-state index in [-0.39, 0.29) is 45.0 Å². The van der Waals surface area contributed by atoms with Gasteiger partial charge in [0.1, 0.15) is 0 Å². The molecule has 202 valence electrons. The number of nitrogens with one attached hydrogen (secondary N) is 1. The number of halogens is 2. The van der Waals surface area contributed by atoms with Gasteiger partial charge < -0.3 is 15.0 Å². The second-order valence-electron chi connectivity index (χ2n) is 10.1. The molecule has 0 spiro atoms. The third-order valence-electron chi connectivity index (χ3n) is 7.95. The number of fused-ring (bicyclic) bond motifs is 3. The van der Waals surface area contributed by atoms with Crippen LogP contribution in [0.2, 0.25) is 0 Å². The highest BCUT2D eigenvalue weighted by atomic mass is 79.9. The minimum absolute atomic E-state index is 0.00869. The number of anilines is 1. The molecular weight excluding hydrogens is 602 g/mol. The zero-order valence-corrected chi connectivity index (χ0v) is 24.1. The molecule has 0 bridgehead atoms. The molecule has 1 aliphatic carbocycles. The largest absolute Gasteiger partial charge is 0.378 e. The van der Waals surface area contributed by atoms with E-state index in [1.165, 1.54) is 11.8 Å². The van der Waals surface area contributed by atoms with Crippen molar-refractivity contribution >= 4 is 56.6 Å². The van der Waals surface area contributed by atoms with Gasteiger partial charge in [0.2, 0.25) is 0 Å². The molecular formula is C29H27BrClN3O4S. The topological polar surface area (TPSA) is 84.7 Å². The molecule has 10 heteroatoms. The van der Waals surface area contributed by atoms with Gasteiger partial charge in [0, 0.05) is 34.8 Å². The summed E-state index contributed by atoms with van der Waals surface area (Å²) in [6.45, 7) is 2.21. The number of alkyl halides is 1. The monoisotopic (exact) mass is 627 g/mol. The van der Waals surface area contributed by atoms with Crippen LogP contribution in [0.5, 0.6) is 0 Å². The van der Waals surface area contributed by atoms with E-state index < -0.39 is 0 Å². The summed E-state index contributed by atoms with van der Waals surface area (Å²) in [5.41, 5.74) is 3.74. The third kappa shape index (κ3) is 5.06. The summed E-state index contributed by atoms with van der Waals surface area (Å²) < 4.78 is 6.46. The summed E-state index contributed by atoms with van der Waals surface area (Å²) >= 11 is 12.3. The van der Waals surface area contributed by atoms with E-state index in [0.717, 1.165) is 27.7 Å². The number of hydrogen-bond acceptors (Lipinski definition) is 6. The number of benzene rings is 3. The summed E-state index contributed by atoms with van der Waals surface area (Å²) in [5, 5.41) is 15.1. The van der Waals surface area contributed by atoms with Crippen molar-refractivity contribution in [2.24, 2.45) is 5.92 Å². The molecule has 0 unspecified atom stereocenters. The lowest BCUT2D eigenvalue weighted by Gasteiger charge is -2.39. The van der Waals surface area contributed by atoms with Gasteiger partial charge in [0.25, 0.3) is 11.6 Å². The maximum Gasteiger partial charge on any atom is 0.282 e. The number of morpholine rings is 1. The Bertz CT molecular complexity index is 1400. The quantitative estimate of drug-likeness (QED) is 0.189. The molecule has 7 nitrogen and oxygen atoms in total. The first kappa shape index (κ1) is 26.6. The molecule has 1 saturated carbocycles. The van der Waals surface area contributed by atoms with Crippen LogP contribution in [0.4, 0.5) is 11.4 Å². The van der Waals surface area contributed by atoms with Gasteiger partial charge in [-0.2, -0.15) is 0 Å². The number of carbonyl (C=O) groups excluding carboxylic acids is 1. The van der Waals surface area contributed by atoms with Crippen LogP contribution >= 0.6 is 39.3 Å². The Kier molecular flexibility index (Phi) is 7.59. The first-order chi connectivity index (χ1) is 18.9. The van der Waals surface area contributed by atoms with Crippen LogP contribution in [-0.2, 0) is 4.74 Å². The number of para-hydroxylation sites is 2. The molecule has 3 aliphatic rings. The maximum absolute atomic E-state index is 13.7. The molecule has 1 N–H and O–H groups in total. The van der Waals surface area contributed by atoms with Crippen molar-refractivity contribution in [3.8, 4) is 0 Å². The number of rotatable bonds is 5. The summed E-state index contributed by atoms with van der Waals surface area (Å²) in [7, 11) is 0. The van der Waals surface area contributed by atoms with Gasteiger partial charge in [-0.25, -0.2) is 0 Å². The minimum atomic E-state index is -0.335. The van der Waals surface area contributed by atoms with Crippen LogP contribution in [0.15, 0.2) is 76.1 Å². The van der Waals surface area contributed by atoms with Crippen molar-refractivity contribution in [2.75, 3.05) is 31.6 Å². The SMILES string of the molecule is O=C(c1cccc2c1N[C@@H](c1ccc(Br)cc1)[C@H]1C[C@@H](Sc3ccccc3[N+](=O)[O-])[C@@H](Cl)[C@@H]21)N1CCOCC1. The summed E-state index contributed by atoms with van der Waals surface area (Å²) in [6.07, 6.45) is 0.782. The average Bonchev–Trinajstić information content (AvgIpc) is 3.29.